The number of carbonyl (C=O) groups is 1. The molecule has 4 aliphatic rings. The maximum absolute atomic E-state index is 11.9. The molecule has 4 saturated heterocycles. The number of hydrogen-bond donors (Lipinski definition) is 13. The van der Waals surface area contributed by atoms with Gasteiger partial charge in [0, 0.05) is 18.5 Å². The number of aliphatic hydroxyl groups is 11. The van der Waals surface area contributed by atoms with Crippen LogP contribution < -0.4 is 11.1 Å². The average molecular weight is 822 g/mol. The number of carbonyl (C=O) groups excluding carboxylic acids is 1. The van der Waals surface area contributed by atoms with Gasteiger partial charge in [-0.1, -0.05) is 0 Å². The van der Waals surface area contributed by atoms with Crippen molar-refractivity contribution in [3.05, 3.63) is 10.1 Å². The molecule has 20 atom stereocenters. The summed E-state index contributed by atoms with van der Waals surface area (Å²) in [7, 11) is 0. The molecule has 0 saturated carbocycles. The summed E-state index contributed by atoms with van der Waals surface area (Å²) in [6, 6.07) is -1.51. The van der Waals surface area contributed by atoms with Crippen molar-refractivity contribution in [2.75, 3.05) is 39.5 Å². The number of hydrogen-bond acceptors (Lipinski definition) is 23. The SMILES string of the molecule is CC(=O)NC1[C@H](O[C@@H]2C(O)[C@@H](O[C@H]3C(CO)O[C@@H](O[C@@H]4C(C[N+](=O)[O-])O[C@@H](OCCCCCN)C(O)[C@H]4O)C(O)[C@H]3O)OC(CO)[C@@H]2O)OC(CO)[C@H](O)[C@@H]1O. The van der Waals surface area contributed by atoms with Crippen LogP contribution in [0, 0.1) is 10.1 Å². The van der Waals surface area contributed by atoms with Crippen LogP contribution in [0.4, 0.5) is 0 Å². The lowest BCUT2D eigenvalue weighted by Crippen LogP contribution is -2.69. The zero-order valence-corrected chi connectivity index (χ0v) is 30.3. The summed E-state index contributed by atoms with van der Waals surface area (Å²) < 4.78 is 44.8. The maximum atomic E-state index is 11.9. The van der Waals surface area contributed by atoms with Gasteiger partial charge in [0.2, 0.25) is 12.5 Å². The molecule has 4 aliphatic heterocycles. The molecule has 0 aromatic carbocycles. The molecule has 25 heteroatoms. The summed E-state index contributed by atoms with van der Waals surface area (Å²) in [5.41, 5.74) is 5.47. The third-order valence-electron chi connectivity index (χ3n) is 9.87. The summed E-state index contributed by atoms with van der Waals surface area (Å²) in [5.74, 6) is -0.705. The lowest BCUT2D eigenvalue weighted by atomic mass is 9.95. The maximum Gasteiger partial charge on any atom is 0.232 e. The summed E-state index contributed by atoms with van der Waals surface area (Å²) in [4.78, 5) is 22.6. The first-order valence-corrected chi connectivity index (χ1v) is 18.1. The topological polar surface area (TPSA) is 395 Å². The normalized spacial score (nSPS) is 44.7. The van der Waals surface area contributed by atoms with E-state index in [1.54, 1.807) is 0 Å². The van der Waals surface area contributed by atoms with E-state index in [9.17, 15) is 71.1 Å². The van der Waals surface area contributed by atoms with Gasteiger partial charge in [-0.3, -0.25) is 14.9 Å². The predicted molar refractivity (Wildman–Crippen MR) is 177 cm³/mol. The van der Waals surface area contributed by atoms with Crippen molar-refractivity contribution >= 4 is 5.91 Å². The molecular weight excluding hydrogens is 766 g/mol. The highest BCUT2D eigenvalue weighted by Gasteiger charge is 2.56. The van der Waals surface area contributed by atoms with Crippen molar-refractivity contribution in [3.8, 4) is 0 Å². The van der Waals surface area contributed by atoms with Gasteiger partial charge < -0.3 is 105 Å². The molecule has 0 aromatic heterocycles. The van der Waals surface area contributed by atoms with Gasteiger partial charge in [0.1, 0.15) is 91.5 Å². The molecule has 8 unspecified atom stereocenters. The van der Waals surface area contributed by atoms with Gasteiger partial charge in [0.15, 0.2) is 31.3 Å². The van der Waals surface area contributed by atoms with E-state index in [4.69, 9.17) is 43.6 Å². The fraction of sp³-hybridized carbons (Fsp3) is 0.968. The second kappa shape index (κ2) is 21.4. The lowest BCUT2D eigenvalue weighted by Gasteiger charge is -2.49. The summed E-state index contributed by atoms with van der Waals surface area (Å²) in [5, 5.41) is 131. The first-order valence-electron chi connectivity index (χ1n) is 18.1. The van der Waals surface area contributed by atoms with Crippen LogP contribution in [0.3, 0.4) is 0 Å². The van der Waals surface area contributed by atoms with Crippen LogP contribution in [0.5, 0.6) is 0 Å². The van der Waals surface area contributed by atoms with Crippen molar-refractivity contribution in [2.45, 2.75) is 149 Å². The molecule has 4 fully saturated rings. The Labute approximate surface area is 319 Å². The Morgan fingerprint density at radius 3 is 1.70 bits per heavy atom. The molecule has 0 spiro atoms. The number of nitrogens with one attached hydrogen (secondary N) is 1. The van der Waals surface area contributed by atoms with Crippen LogP contribution in [-0.4, -0.2) is 229 Å². The van der Waals surface area contributed by atoms with E-state index in [0.717, 1.165) is 6.92 Å². The molecule has 4 heterocycles. The van der Waals surface area contributed by atoms with Crippen molar-refractivity contribution in [1.82, 2.24) is 5.32 Å². The molecule has 0 radical (unpaired) electrons. The highest BCUT2D eigenvalue weighted by Crippen LogP contribution is 2.34. The van der Waals surface area contributed by atoms with E-state index in [1.807, 2.05) is 0 Å². The van der Waals surface area contributed by atoms with Crippen molar-refractivity contribution in [1.29, 1.82) is 0 Å². The second-order valence-electron chi connectivity index (χ2n) is 13.9. The Balaban J connectivity index is 1.48. The van der Waals surface area contributed by atoms with E-state index in [2.05, 4.69) is 5.32 Å². The van der Waals surface area contributed by atoms with E-state index >= 15 is 0 Å². The number of nitrogens with zero attached hydrogens (tertiary/aromatic N) is 1. The number of rotatable bonds is 18. The lowest BCUT2D eigenvalue weighted by molar-refractivity contribution is -0.505. The minimum absolute atomic E-state index is 0.0645. The second-order valence-corrected chi connectivity index (χ2v) is 13.9. The fourth-order valence-electron chi connectivity index (χ4n) is 6.84. The van der Waals surface area contributed by atoms with E-state index in [1.165, 1.54) is 0 Å². The Bertz CT molecular complexity index is 1230. The average Bonchev–Trinajstić information content (AvgIpc) is 3.16. The summed E-state index contributed by atoms with van der Waals surface area (Å²) in [6.07, 6.45) is -32.1. The Hall–Kier alpha value is -1.93. The van der Waals surface area contributed by atoms with E-state index in [-0.39, 0.29) is 6.61 Å². The molecule has 14 N–H and O–H groups in total. The van der Waals surface area contributed by atoms with Crippen LogP contribution in [-0.2, 0) is 42.7 Å². The molecule has 326 valence electrons. The van der Waals surface area contributed by atoms with Crippen LogP contribution in [0.25, 0.3) is 0 Å². The number of amides is 1. The smallest absolute Gasteiger partial charge is 0.232 e. The predicted octanol–water partition coefficient (Wildman–Crippen LogP) is -8.17. The minimum Gasteiger partial charge on any atom is -0.394 e. The first-order chi connectivity index (χ1) is 26.6. The number of unbranched alkanes of at least 4 members (excludes halogenated alkanes) is 2. The van der Waals surface area contributed by atoms with Crippen molar-refractivity contribution in [2.24, 2.45) is 5.73 Å². The third-order valence-corrected chi connectivity index (χ3v) is 9.87. The van der Waals surface area contributed by atoms with Crippen molar-refractivity contribution in [3.63, 3.8) is 0 Å². The van der Waals surface area contributed by atoms with Gasteiger partial charge in [0.25, 0.3) is 0 Å². The van der Waals surface area contributed by atoms with Gasteiger partial charge >= 0.3 is 0 Å². The minimum atomic E-state index is -2.11. The van der Waals surface area contributed by atoms with Gasteiger partial charge in [-0.25, -0.2) is 0 Å². The van der Waals surface area contributed by atoms with Crippen molar-refractivity contribution < 1.29 is 104 Å². The summed E-state index contributed by atoms with van der Waals surface area (Å²) in [6.45, 7) is -2.07. The standard InChI is InChI=1S/C31H55N3O22/c1-11(38)33-16-19(41)17(39)13(8-35)51-28(16)56-27-18(40)14(9-36)52-31(24(27)46)55-26-15(10-37)53-30(23(45)21(26)43)54-25-12(7-34(47)48)50-29(22(44)20(25)42)49-6-4-2-3-5-32/h12-31,35-37,39-46H,2-10,32H2,1H3,(H,33,38)/t12?,13?,14?,15?,16?,17-,18-,19+,20+,21+,22?,23?,24?,25+,26-,27-,28-,29+,30-,31+/m0/s1. The van der Waals surface area contributed by atoms with E-state index in [0.29, 0.717) is 25.8 Å². The molecule has 0 aromatic rings. The molecule has 56 heavy (non-hydrogen) atoms. The molecule has 4 rings (SSSR count). The third kappa shape index (κ3) is 11.0. The van der Waals surface area contributed by atoms with Crippen LogP contribution in [0.1, 0.15) is 26.2 Å². The monoisotopic (exact) mass is 821 g/mol. The number of aliphatic hydroxyl groups excluding tert-OH is 11. The van der Waals surface area contributed by atoms with E-state index < -0.39 is 160 Å². The molecule has 25 nitrogen and oxygen atoms in total. The Morgan fingerprint density at radius 1 is 0.625 bits per heavy atom. The highest BCUT2D eigenvalue weighted by atomic mass is 16.8. The largest absolute Gasteiger partial charge is 0.394 e. The van der Waals surface area contributed by atoms with Crippen LogP contribution in [0.2, 0.25) is 0 Å². The zero-order valence-electron chi connectivity index (χ0n) is 30.3. The quantitative estimate of drug-likeness (QED) is 0.0347. The van der Waals surface area contributed by atoms with Gasteiger partial charge in [-0.2, -0.15) is 0 Å². The molecule has 0 aliphatic carbocycles. The number of nitrogens with two attached hydrogens (primary N) is 1. The molecule has 0 bridgehead atoms. The highest BCUT2D eigenvalue weighted by molar-refractivity contribution is 5.73. The Morgan fingerprint density at radius 2 is 1.12 bits per heavy atom. The van der Waals surface area contributed by atoms with Crippen LogP contribution in [0.15, 0.2) is 0 Å². The number of ether oxygens (including phenoxy) is 8. The Kier molecular flexibility index (Phi) is 17.8. The van der Waals surface area contributed by atoms with Gasteiger partial charge in [0.05, 0.1) is 19.8 Å². The molecule has 1 amide bonds. The van der Waals surface area contributed by atoms with Gasteiger partial charge in [-0.05, 0) is 25.8 Å². The number of nitro groups is 1. The fourth-order valence-corrected chi connectivity index (χ4v) is 6.84. The summed E-state index contributed by atoms with van der Waals surface area (Å²) >= 11 is 0. The molecular formula is C31H55N3O22. The first kappa shape index (κ1) is 46.8. The van der Waals surface area contributed by atoms with Gasteiger partial charge in [-0.15, -0.1) is 0 Å². The zero-order chi connectivity index (χ0) is 41.4. The van der Waals surface area contributed by atoms with Crippen LogP contribution >= 0.6 is 0 Å².